The first-order chi connectivity index (χ1) is 13.2. The van der Waals surface area contributed by atoms with E-state index in [9.17, 15) is 4.79 Å². The largest absolute Gasteiger partial charge is 0.497 e. The molecule has 6 nitrogen and oxygen atoms in total. The molecule has 27 heavy (non-hydrogen) atoms. The number of nitrogens with zero attached hydrogens (tertiary/aromatic N) is 3. The second-order valence-corrected chi connectivity index (χ2v) is 7.20. The minimum Gasteiger partial charge on any atom is -0.497 e. The van der Waals surface area contributed by atoms with Gasteiger partial charge in [0.05, 0.1) is 13.3 Å². The lowest BCUT2D eigenvalue weighted by Gasteiger charge is -2.38. The molecule has 1 saturated carbocycles. The Kier molecular flexibility index (Phi) is 4.79. The van der Waals surface area contributed by atoms with Gasteiger partial charge in [0.1, 0.15) is 11.3 Å². The van der Waals surface area contributed by atoms with E-state index in [1.54, 1.807) is 36.3 Å². The van der Waals surface area contributed by atoms with Crippen LogP contribution in [0.4, 0.5) is 0 Å². The Bertz CT molecular complexity index is 927. The van der Waals surface area contributed by atoms with Crippen LogP contribution in [0.5, 0.6) is 5.75 Å². The molecule has 0 unspecified atom stereocenters. The van der Waals surface area contributed by atoms with Crippen LogP contribution in [0.2, 0.25) is 0 Å². The number of hydrogen-bond donors (Lipinski definition) is 1. The molecule has 0 spiro atoms. The lowest BCUT2D eigenvalue weighted by molar-refractivity contribution is 0.0938. The zero-order valence-corrected chi connectivity index (χ0v) is 15.5. The Balaban J connectivity index is 1.56. The number of aromatic nitrogens is 3. The number of hydrogen-bond acceptors (Lipinski definition) is 4. The summed E-state index contributed by atoms with van der Waals surface area (Å²) < 4.78 is 6.91. The summed E-state index contributed by atoms with van der Waals surface area (Å²) >= 11 is 0. The van der Waals surface area contributed by atoms with E-state index in [0.29, 0.717) is 17.8 Å². The predicted molar refractivity (Wildman–Crippen MR) is 103 cm³/mol. The molecule has 0 bridgehead atoms. The van der Waals surface area contributed by atoms with E-state index in [1.807, 2.05) is 12.1 Å². The highest BCUT2D eigenvalue weighted by atomic mass is 16.5. The van der Waals surface area contributed by atoms with Gasteiger partial charge in [0, 0.05) is 24.4 Å². The van der Waals surface area contributed by atoms with E-state index >= 15 is 0 Å². The Hall–Kier alpha value is -2.89. The van der Waals surface area contributed by atoms with Crippen LogP contribution >= 0.6 is 0 Å². The SMILES string of the molecule is COc1ccc(C2(CNC(=O)c3cnn4cccnc34)CCCCC2)cc1. The van der Waals surface area contributed by atoms with E-state index in [2.05, 4.69) is 27.5 Å². The summed E-state index contributed by atoms with van der Waals surface area (Å²) in [7, 11) is 1.68. The van der Waals surface area contributed by atoms with Crippen LogP contribution in [-0.4, -0.2) is 34.2 Å². The molecule has 1 aromatic carbocycles. The Morgan fingerprint density at radius 1 is 1.22 bits per heavy atom. The maximum Gasteiger partial charge on any atom is 0.256 e. The van der Waals surface area contributed by atoms with Gasteiger partial charge in [0.2, 0.25) is 0 Å². The van der Waals surface area contributed by atoms with Crippen molar-refractivity contribution in [3.8, 4) is 5.75 Å². The molecule has 2 heterocycles. The van der Waals surface area contributed by atoms with Gasteiger partial charge in [-0.1, -0.05) is 31.4 Å². The average molecular weight is 364 g/mol. The fraction of sp³-hybridized carbons (Fsp3) is 0.381. The Morgan fingerprint density at radius 2 is 2.00 bits per heavy atom. The van der Waals surface area contributed by atoms with Crippen LogP contribution in [0.15, 0.2) is 48.9 Å². The van der Waals surface area contributed by atoms with Crippen molar-refractivity contribution in [2.24, 2.45) is 0 Å². The summed E-state index contributed by atoms with van der Waals surface area (Å²) in [5.74, 6) is 0.730. The summed E-state index contributed by atoms with van der Waals surface area (Å²) in [6.07, 6.45) is 10.8. The molecule has 1 N–H and O–H groups in total. The highest BCUT2D eigenvalue weighted by Crippen LogP contribution is 2.39. The molecule has 140 valence electrons. The van der Waals surface area contributed by atoms with Crippen molar-refractivity contribution >= 4 is 11.6 Å². The molecular weight excluding hydrogens is 340 g/mol. The molecule has 2 aromatic heterocycles. The van der Waals surface area contributed by atoms with E-state index in [-0.39, 0.29) is 11.3 Å². The molecule has 3 aromatic rings. The van der Waals surface area contributed by atoms with Gasteiger partial charge >= 0.3 is 0 Å². The maximum atomic E-state index is 12.8. The first kappa shape index (κ1) is 17.5. The minimum absolute atomic E-state index is 0.0312. The number of amides is 1. The predicted octanol–water partition coefficient (Wildman–Crippen LogP) is 3.37. The molecule has 4 rings (SSSR count). The second kappa shape index (κ2) is 7.39. The molecule has 1 aliphatic rings. The topological polar surface area (TPSA) is 68.5 Å². The number of carbonyl (C=O) groups is 1. The number of nitrogens with one attached hydrogen (secondary N) is 1. The van der Waals surface area contributed by atoms with Gasteiger partial charge in [0.15, 0.2) is 5.65 Å². The Labute approximate surface area is 158 Å². The normalized spacial score (nSPS) is 16.2. The summed E-state index contributed by atoms with van der Waals surface area (Å²) in [6.45, 7) is 0.613. The van der Waals surface area contributed by atoms with Crippen molar-refractivity contribution in [2.75, 3.05) is 13.7 Å². The molecule has 0 atom stereocenters. The summed E-state index contributed by atoms with van der Waals surface area (Å²) in [4.78, 5) is 17.1. The summed E-state index contributed by atoms with van der Waals surface area (Å²) in [6, 6.07) is 10.1. The fourth-order valence-electron chi connectivity index (χ4n) is 4.07. The van der Waals surface area contributed by atoms with Crippen LogP contribution in [0.1, 0.15) is 48.0 Å². The number of benzene rings is 1. The van der Waals surface area contributed by atoms with Gasteiger partial charge in [0.25, 0.3) is 5.91 Å². The van der Waals surface area contributed by atoms with Crippen molar-refractivity contribution < 1.29 is 9.53 Å². The number of rotatable bonds is 5. The molecule has 0 saturated heterocycles. The van der Waals surface area contributed by atoms with E-state index in [0.717, 1.165) is 18.6 Å². The first-order valence-electron chi connectivity index (χ1n) is 9.43. The maximum absolute atomic E-state index is 12.8. The zero-order chi connectivity index (χ0) is 18.7. The average Bonchev–Trinajstić information content (AvgIpc) is 3.17. The lowest BCUT2D eigenvalue weighted by Crippen LogP contribution is -2.42. The number of methoxy groups -OCH3 is 1. The summed E-state index contributed by atoms with van der Waals surface area (Å²) in [5, 5.41) is 7.36. The molecule has 0 radical (unpaired) electrons. The number of ether oxygens (including phenoxy) is 1. The summed E-state index contributed by atoms with van der Waals surface area (Å²) in [5.41, 5.74) is 2.33. The minimum atomic E-state index is -0.123. The van der Waals surface area contributed by atoms with Crippen molar-refractivity contribution in [1.29, 1.82) is 0 Å². The van der Waals surface area contributed by atoms with Crippen molar-refractivity contribution in [1.82, 2.24) is 19.9 Å². The van der Waals surface area contributed by atoms with Crippen LogP contribution in [0.3, 0.4) is 0 Å². The molecule has 0 aliphatic heterocycles. The Morgan fingerprint density at radius 3 is 2.74 bits per heavy atom. The molecule has 1 fully saturated rings. The van der Waals surface area contributed by atoms with Crippen molar-refractivity contribution in [3.05, 3.63) is 60.0 Å². The first-order valence-corrected chi connectivity index (χ1v) is 9.43. The van der Waals surface area contributed by atoms with Crippen LogP contribution in [0, 0.1) is 0 Å². The fourth-order valence-corrected chi connectivity index (χ4v) is 4.07. The van der Waals surface area contributed by atoms with Crippen LogP contribution in [0.25, 0.3) is 5.65 Å². The standard InChI is InChI=1S/C21H24N4O2/c1-27-17-8-6-16(7-9-17)21(10-3-2-4-11-21)15-23-20(26)18-14-24-25-13-5-12-22-19(18)25/h5-9,12-14H,2-4,10-11,15H2,1H3,(H,23,26). The van der Waals surface area contributed by atoms with Crippen molar-refractivity contribution in [3.63, 3.8) is 0 Å². The number of fused-ring (bicyclic) bond motifs is 1. The second-order valence-electron chi connectivity index (χ2n) is 7.20. The van der Waals surface area contributed by atoms with E-state index in [1.165, 1.54) is 24.8 Å². The van der Waals surface area contributed by atoms with Gasteiger partial charge in [-0.3, -0.25) is 4.79 Å². The molecular formula is C21H24N4O2. The van der Waals surface area contributed by atoms with Gasteiger partial charge in [-0.05, 0) is 36.6 Å². The van der Waals surface area contributed by atoms with Gasteiger partial charge in [-0.2, -0.15) is 5.10 Å². The van der Waals surface area contributed by atoms with Gasteiger partial charge < -0.3 is 10.1 Å². The highest BCUT2D eigenvalue weighted by molar-refractivity contribution is 5.99. The van der Waals surface area contributed by atoms with Gasteiger partial charge in [-0.25, -0.2) is 9.50 Å². The third-order valence-corrected chi connectivity index (χ3v) is 5.62. The van der Waals surface area contributed by atoms with Crippen molar-refractivity contribution in [2.45, 2.75) is 37.5 Å². The molecule has 1 aliphatic carbocycles. The van der Waals surface area contributed by atoms with Crippen LogP contribution in [-0.2, 0) is 5.41 Å². The van der Waals surface area contributed by atoms with Crippen LogP contribution < -0.4 is 10.1 Å². The number of carbonyl (C=O) groups excluding carboxylic acids is 1. The third-order valence-electron chi connectivity index (χ3n) is 5.62. The smallest absolute Gasteiger partial charge is 0.256 e. The zero-order valence-electron chi connectivity index (χ0n) is 15.5. The van der Waals surface area contributed by atoms with E-state index < -0.39 is 0 Å². The quantitative estimate of drug-likeness (QED) is 0.754. The van der Waals surface area contributed by atoms with Gasteiger partial charge in [-0.15, -0.1) is 0 Å². The molecule has 6 heteroatoms. The lowest BCUT2D eigenvalue weighted by atomic mass is 9.69. The van der Waals surface area contributed by atoms with E-state index in [4.69, 9.17) is 4.74 Å². The monoisotopic (exact) mass is 364 g/mol. The molecule has 1 amide bonds. The highest BCUT2D eigenvalue weighted by Gasteiger charge is 2.34. The third kappa shape index (κ3) is 3.39.